The summed E-state index contributed by atoms with van der Waals surface area (Å²) in [5.74, 6) is 0.660. The quantitative estimate of drug-likeness (QED) is 0.688. The van der Waals surface area contributed by atoms with Gasteiger partial charge in [-0.2, -0.15) is 13.2 Å². The van der Waals surface area contributed by atoms with Gasteiger partial charge in [0.2, 0.25) is 0 Å². The normalized spacial score (nSPS) is 20.6. The third-order valence-corrected chi connectivity index (χ3v) is 4.92. The molecule has 0 saturated carbocycles. The molecule has 2 aliphatic heterocycles. The summed E-state index contributed by atoms with van der Waals surface area (Å²) in [5, 5.41) is 10.2. The lowest BCUT2D eigenvalue weighted by Crippen LogP contribution is -2.57. The van der Waals surface area contributed by atoms with Crippen molar-refractivity contribution >= 4 is 17.2 Å². The van der Waals surface area contributed by atoms with E-state index >= 15 is 0 Å². The Bertz CT molecular complexity index is 787. The molecule has 0 radical (unpaired) electrons. The van der Waals surface area contributed by atoms with Crippen molar-refractivity contribution in [3.63, 3.8) is 0 Å². The number of hydrogen-bond donors (Lipinski definition) is 3. The molecular formula is C20H23F3N4. The van der Waals surface area contributed by atoms with Crippen LogP contribution in [0.25, 0.3) is 0 Å². The van der Waals surface area contributed by atoms with Crippen LogP contribution in [0.5, 0.6) is 0 Å². The highest BCUT2D eigenvalue weighted by atomic mass is 19.4. The van der Waals surface area contributed by atoms with Gasteiger partial charge in [-0.1, -0.05) is 37.4 Å². The van der Waals surface area contributed by atoms with Crippen LogP contribution in [0.2, 0.25) is 0 Å². The SMILES string of the molecule is C=C/C=C(/CN=C1Nc2ccccc2NC12CCNCC2)C(=C)C(F)(F)F. The molecular weight excluding hydrogens is 353 g/mol. The minimum atomic E-state index is -4.49. The summed E-state index contributed by atoms with van der Waals surface area (Å²) in [5.41, 5.74) is 0.535. The number of rotatable bonds is 4. The van der Waals surface area contributed by atoms with Crippen LogP contribution in [0.1, 0.15) is 12.8 Å². The van der Waals surface area contributed by atoms with E-state index in [1.54, 1.807) is 0 Å². The monoisotopic (exact) mass is 376 g/mol. The number of piperidine rings is 1. The van der Waals surface area contributed by atoms with Crippen molar-refractivity contribution in [1.29, 1.82) is 0 Å². The molecule has 0 aromatic heterocycles. The van der Waals surface area contributed by atoms with Crippen LogP contribution in [-0.2, 0) is 0 Å². The van der Waals surface area contributed by atoms with Crippen molar-refractivity contribution in [3.05, 3.63) is 60.7 Å². The topological polar surface area (TPSA) is 48.5 Å². The van der Waals surface area contributed by atoms with Gasteiger partial charge in [0.15, 0.2) is 0 Å². The Morgan fingerprint density at radius 1 is 1.19 bits per heavy atom. The fraction of sp³-hybridized carbons (Fsp3) is 0.350. The lowest BCUT2D eigenvalue weighted by Gasteiger charge is -2.44. The molecule has 2 aliphatic rings. The number of allylic oxidation sites excluding steroid dienone is 2. The Balaban J connectivity index is 1.93. The molecule has 1 aromatic rings. The summed E-state index contributed by atoms with van der Waals surface area (Å²) >= 11 is 0. The second-order valence-corrected chi connectivity index (χ2v) is 6.70. The van der Waals surface area contributed by atoms with Crippen LogP contribution in [0.15, 0.2) is 65.7 Å². The summed E-state index contributed by atoms with van der Waals surface area (Å²) in [4.78, 5) is 4.55. The summed E-state index contributed by atoms with van der Waals surface area (Å²) in [6.45, 7) is 8.19. The van der Waals surface area contributed by atoms with E-state index in [4.69, 9.17) is 0 Å². The van der Waals surface area contributed by atoms with Crippen LogP contribution in [0, 0.1) is 0 Å². The average Bonchev–Trinajstić information content (AvgIpc) is 2.64. The number of hydrogen-bond acceptors (Lipinski definition) is 3. The van der Waals surface area contributed by atoms with Gasteiger partial charge in [0.05, 0.1) is 29.0 Å². The first-order chi connectivity index (χ1) is 12.9. The molecule has 1 saturated heterocycles. The fourth-order valence-corrected chi connectivity index (χ4v) is 3.41. The molecule has 144 valence electrons. The molecule has 0 aliphatic carbocycles. The maximum atomic E-state index is 13.1. The number of benzene rings is 1. The van der Waals surface area contributed by atoms with Gasteiger partial charge in [-0.25, -0.2) is 0 Å². The van der Waals surface area contributed by atoms with Crippen molar-refractivity contribution in [2.24, 2.45) is 4.99 Å². The second kappa shape index (κ2) is 7.60. The highest BCUT2D eigenvalue weighted by molar-refractivity contribution is 6.09. The van der Waals surface area contributed by atoms with Crippen molar-refractivity contribution in [2.75, 3.05) is 30.3 Å². The summed E-state index contributed by atoms with van der Waals surface area (Å²) in [6.07, 6.45) is -0.276. The number of anilines is 2. The number of nitrogens with zero attached hydrogens (tertiary/aromatic N) is 1. The lowest BCUT2D eigenvalue weighted by molar-refractivity contribution is -0.0890. The Kier molecular flexibility index (Phi) is 5.41. The smallest absolute Gasteiger partial charge is 0.371 e. The first-order valence-electron chi connectivity index (χ1n) is 8.84. The molecule has 4 nitrogen and oxygen atoms in total. The van der Waals surface area contributed by atoms with Crippen LogP contribution >= 0.6 is 0 Å². The minimum absolute atomic E-state index is 0.00902. The minimum Gasteiger partial charge on any atom is -0.371 e. The molecule has 1 aromatic carbocycles. The Hall–Kier alpha value is -2.54. The van der Waals surface area contributed by atoms with Crippen molar-refractivity contribution < 1.29 is 13.2 Å². The Morgan fingerprint density at radius 2 is 1.85 bits per heavy atom. The predicted molar refractivity (Wildman–Crippen MR) is 104 cm³/mol. The lowest BCUT2D eigenvalue weighted by atomic mass is 9.84. The van der Waals surface area contributed by atoms with Gasteiger partial charge >= 0.3 is 6.18 Å². The van der Waals surface area contributed by atoms with E-state index in [1.807, 2.05) is 24.3 Å². The maximum absolute atomic E-state index is 13.1. The van der Waals surface area contributed by atoms with E-state index in [2.05, 4.69) is 34.1 Å². The first kappa shape index (κ1) is 19.2. The molecule has 2 heterocycles. The van der Waals surface area contributed by atoms with Crippen molar-refractivity contribution in [3.8, 4) is 0 Å². The number of amidine groups is 1. The molecule has 3 rings (SSSR count). The van der Waals surface area contributed by atoms with Gasteiger partial charge < -0.3 is 16.0 Å². The predicted octanol–water partition coefficient (Wildman–Crippen LogP) is 4.28. The molecule has 0 atom stereocenters. The van der Waals surface area contributed by atoms with Crippen LogP contribution in [-0.4, -0.2) is 37.2 Å². The van der Waals surface area contributed by atoms with E-state index in [0.717, 1.165) is 37.3 Å². The standard InChI is InChI=1S/C20H23F3N4/c1-3-6-15(14(2)20(21,22)23)13-25-18-19(9-11-24-12-10-19)27-17-8-5-4-7-16(17)26-18/h3-8,24,27H,1-2,9-13H2,(H,25,26)/b15-6-. The molecule has 3 N–H and O–H groups in total. The Morgan fingerprint density at radius 3 is 2.48 bits per heavy atom. The number of halogens is 3. The maximum Gasteiger partial charge on any atom is 0.416 e. The molecule has 1 spiro atoms. The van der Waals surface area contributed by atoms with Gasteiger partial charge in [0.25, 0.3) is 0 Å². The van der Waals surface area contributed by atoms with Crippen LogP contribution in [0.3, 0.4) is 0 Å². The summed E-state index contributed by atoms with van der Waals surface area (Å²) in [6, 6.07) is 7.75. The summed E-state index contributed by atoms with van der Waals surface area (Å²) in [7, 11) is 0. The number of fused-ring (bicyclic) bond motifs is 1. The molecule has 0 bridgehead atoms. The summed E-state index contributed by atoms with van der Waals surface area (Å²) < 4.78 is 39.2. The van der Waals surface area contributed by atoms with Crippen LogP contribution in [0.4, 0.5) is 24.5 Å². The van der Waals surface area contributed by atoms with Gasteiger partial charge in [-0.15, -0.1) is 0 Å². The van der Waals surface area contributed by atoms with E-state index in [-0.39, 0.29) is 12.1 Å². The molecule has 1 fully saturated rings. The zero-order chi connectivity index (χ0) is 19.5. The van der Waals surface area contributed by atoms with Crippen molar-refractivity contribution in [1.82, 2.24) is 5.32 Å². The first-order valence-corrected chi connectivity index (χ1v) is 8.84. The number of alkyl halides is 3. The zero-order valence-corrected chi connectivity index (χ0v) is 15.0. The van der Waals surface area contributed by atoms with E-state index in [9.17, 15) is 13.2 Å². The highest BCUT2D eigenvalue weighted by Gasteiger charge is 2.41. The van der Waals surface area contributed by atoms with Crippen molar-refractivity contribution in [2.45, 2.75) is 24.6 Å². The third kappa shape index (κ3) is 4.08. The number of aliphatic imine (C=N–C) groups is 1. The third-order valence-electron chi connectivity index (χ3n) is 4.92. The Labute approximate surface area is 157 Å². The zero-order valence-electron chi connectivity index (χ0n) is 15.0. The molecule has 0 amide bonds. The fourth-order valence-electron chi connectivity index (χ4n) is 3.41. The number of para-hydroxylation sites is 2. The largest absolute Gasteiger partial charge is 0.416 e. The second-order valence-electron chi connectivity index (χ2n) is 6.70. The van der Waals surface area contributed by atoms with Gasteiger partial charge in [-0.3, -0.25) is 4.99 Å². The van der Waals surface area contributed by atoms with E-state index in [1.165, 1.54) is 12.2 Å². The molecule has 27 heavy (non-hydrogen) atoms. The van der Waals surface area contributed by atoms with E-state index < -0.39 is 17.3 Å². The number of nitrogens with one attached hydrogen (secondary N) is 3. The van der Waals surface area contributed by atoms with Gasteiger partial charge in [0.1, 0.15) is 5.84 Å². The average molecular weight is 376 g/mol. The highest BCUT2D eigenvalue weighted by Crippen LogP contribution is 2.36. The van der Waals surface area contributed by atoms with Gasteiger partial charge in [-0.05, 0) is 43.6 Å². The van der Waals surface area contributed by atoms with E-state index in [0.29, 0.717) is 5.84 Å². The molecule has 0 unspecified atom stereocenters. The molecule has 7 heteroatoms. The van der Waals surface area contributed by atoms with Crippen LogP contribution < -0.4 is 16.0 Å². The van der Waals surface area contributed by atoms with Gasteiger partial charge in [0, 0.05) is 0 Å².